The average molecular weight is 741 g/mol. The number of rotatable bonds is 7. The van der Waals surface area contributed by atoms with Crippen LogP contribution < -0.4 is 4.74 Å². The lowest BCUT2D eigenvalue weighted by Gasteiger charge is -2.33. The summed E-state index contributed by atoms with van der Waals surface area (Å²) in [5, 5.41) is 7.43. The predicted octanol–water partition coefficient (Wildman–Crippen LogP) is 14.1. The molecule has 3 aromatic heterocycles. The third kappa shape index (κ3) is 6.63. The maximum absolute atomic E-state index is 6.67. The van der Waals surface area contributed by atoms with Gasteiger partial charge in [0.2, 0.25) is 0 Å². The van der Waals surface area contributed by atoms with Crippen LogP contribution in [0.4, 0.5) is 0 Å². The zero-order valence-electron chi connectivity index (χ0n) is 34.2. The summed E-state index contributed by atoms with van der Waals surface area (Å²) in [6.45, 7) is 13.9. The molecule has 0 bridgehead atoms. The molecule has 286 valence electrons. The van der Waals surface area contributed by atoms with Gasteiger partial charge >= 0.3 is 0 Å². The molecule has 2 saturated carbocycles. The smallest absolute Gasteiger partial charge is 0.137 e. The number of nitrogens with zero attached hydrogens (tertiary/aromatic N) is 4. The van der Waals surface area contributed by atoms with E-state index in [0.717, 1.165) is 34.0 Å². The van der Waals surface area contributed by atoms with Gasteiger partial charge in [-0.05, 0) is 145 Å². The Morgan fingerprint density at radius 2 is 1.30 bits per heavy atom. The zero-order chi connectivity index (χ0) is 38.6. The summed E-state index contributed by atoms with van der Waals surface area (Å²) in [4.78, 5) is 4.87. The van der Waals surface area contributed by atoms with Crippen molar-refractivity contribution in [3.63, 3.8) is 0 Å². The standard InChI is InChI=1S/C51H56N4O/c1-33-34(2)48(36-16-9-7-10-17-36)50(49(35(33)3)37-18-11-8-12-19-37)38-31-53-54(32-38)40-20-15-21-41(29-40)56-42-24-25-44-43-22-13-14-23-45(43)55(46(44)30-42)47-28-39(26-27-52-47)51(4,5)6/h13-15,20-32,36-37H,7-12,16-19H2,1-6H3. The summed E-state index contributed by atoms with van der Waals surface area (Å²) in [7, 11) is 0. The molecule has 0 aliphatic heterocycles. The largest absolute Gasteiger partial charge is 0.457 e. The summed E-state index contributed by atoms with van der Waals surface area (Å²) in [5.41, 5.74) is 14.9. The molecule has 2 aliphatic carbocycles. The van der Waals surface area contributed by atoms with Crippen molar-refractivity contribution in [2.45, 2.75) is 123 Å². The highest BCUT2D eigenvalue weighted by Gasteiger charge is 2.30. The topological polar surface area (TPSA) is 44.9 Å². The van der Waals surface area contributed by atoms with Gasteiger partial charge in [0.1, 0.15) is 17.3 Å². The van der Waals surface area contributed by atoms with Gasteiger partial charge in [0, 0.05) is 40.9 Å². The monoisotopic (exact) mass is 740 g/mol. The van der Waals surface area contributed by atoms with Crippen molar-refractivity contribution in [3.05, 3.63) is 131 Å². The van der Waals surface area contributed by atoms with Crippen LogP contribution in [-0.2, 0) is 5.41 Å². The van der Waals surface area contributed by atoms with E-state index in [0.29, 0.717) is 11.8 Å². The Morgan fingerprint density at radius 3 is 2.00 bits per heavy atom. The second kappa shape index (κ2) is 14.7. The van der Waals surface area contributed by atoms with Gasteiger partial charge in [-0.1, -0.05) is 83.6 Å². The molecular formula is C51H56N4O. The molecule has 0 radical (unpaired) electrons. The van der Waals surface area contributed by atoms with E-state index < -0.39 is 0 Å². The second-order valence-electron chi connectivity index (χ2n) is 17.7. The third-order valence-corrected chi connectivity index (χ3v) is 13.2. The number of fused-ring (bicyclic) bond motifs is 3. The maximum Gasteiger partial charge on any atom is 0.137 e. The molecule has 0 amide bonds. The van der Waals surface area contributed by atoms with Crippen LogP contribution in [0.5, 0.6) is 11.5 Å². The van der Waals surface area contributed by atoms with E-state index in [1.165, 1.54) is 108 Å². The molecule has 0 atom stereocenters. The van der Waals surface area contributed by atoms with E-state index in [1.807, 2.05) is 12.3 Å². The Balaban J connectivity index is 1.09. The lowest BCUT2D eigenvalue weighted by molar-refractivity contribution is 0.434. The number of para-hydroxylation sites is 1. The number of hydrogen-bond donors (Lipinski definition) is 0. The van der Waals surface area contributed by atoms with Gasteiger partial charge in [-0.2, -0.15) is 5.10 Å². The fraction of sp³-hybridized carbons (Fsp3) is 0.373. The highest BCUT2D eigenvalue weighted by Crippen LogP contribution is 2.49. The Morgan fingerprint density at radius 1 is 0.643 bits per heavy atom. The Hall–Kier alpha value is -5.16. The number of hydrogen-bond acceptors (Lipinski definition) is 3. The van der Waals surface area contributed by atoms with Crippen LogP contribution >= 0.6 is 0 Å². The van der Waals surface area contributed by atoms with E-state index in [4.69, 9.17) is 14.8 Å². The molecule has 3 heterocycles. The van der Waals surface area contributed by atoms with Gasteiger partial charge in [0.25, 0.3) is 0 Å². The van der Waals surface area contributed by atoms with Gasteiger partial charge in [-0.25, -0.2) is 9.67 Å². The van der Waals surface area contributed by atoms with Gasteiger partial charge in [0.15, 0.2) is 0 Å². The molecule has 5 heteroatoms. The van der Waals surface area contributed by atoms with Gasteiger partial charge in [-0.15, -0.1) is 0 Å². The Kier molecular flexibility index (Phi) is 9.59. The maximum atomic E-state index is 6.67. The molecule has 0 spiro atoms. The van der Waals surface area contributed by atoms with E-state index in [2.05, 4.69) is 136 Å². The van der Waals surface area contributed by atoms with Crippen molar-refractivity contribution < 1.29 is 4.74 Å². The van der Waals surface area contributed by atoms with Crippen molar-refractivity contribution in [2.75, 3.05) is 0 Å². The quantitative estimate of drug-likeness (QED) is 0.163. The van der Waals surface area contributed by atoms with E-state index >= 15 is 0 Å². The normalized spacial score (nSPS) is 15.9. The number of pyridine rings is 1. The summed E-state index contributed by atoms with van der Waals surface area (Å²) in [6.07, 6.45) is 19.6. The fourth-order valence-corrected chi connectivity index (χ4v) is 10.0. The molecule has 9 rings (SSSR count). The molecule has 2 fully saturated rings. The lowest BCUT2D eigenvalue weighted by Crippen LogP contribution is -2.15. The minimum atomic E-state index is 0.0124. The fourth-order valence-electron chi connectivity index (χ4n) is 10.0. The third-order valence-electron chi connectivity index (χ3n) is 13.2. The lowest BCUT2D eigenvalue weighted by atomic mass is 9.71. The van der Waals surface area contributed by atoms with Crippen molar-refractivity contribution in [1.29, 1.82) is 0 Å². The number of benzene rings is 4. The second-order valence-corrected chi connectivity index (χ2v) is 17.7. The molecule has 56 heavy (non-hydrogen) atoms. The summed E-state index contributed by atoms with van der Waals surface area (Å²) in [5.74, 6) is 3.72. The summed E-state index contributed by atoms with van der Waals surface area (Å²) >= 11 is 0. The van der Waals surface area contributed by atoms with Crippen LogP contribution in [0.25, 0.3) is 44.4 Å². The first-order valence-electron chi connectivity index (χ1n) is 21.1. The minimum absolute atomic E-state index is 0.0124. The molecule has 0 unspecified atom stereocenters. The highest BCUT2D eigenvalue weighted by atomic mass is 16.5. The first kappa shape index (κ1) is 36.5. The molecule has 0 N–H and O–H groups in total. The molecule has 0 saturated heterocycles. The van der Waals surface area contributed by atoms with Crippen LogP contribution in [0.1, 0.15) is 130 Å². The zero-order valence-corrected chi connectivity index (χ0v) is 34.2. The van der Waals surface area contributed by atoms with Crippen LogP contribution in [0, 0.1) is 20.8 Å². The van der Waals surface area contributed by atoms with Gasteiger partial charge in [-0.3, -0.25) is 4.57 Å². The molecule has 7 aromatic rings. The van der Waals surface area contributed by atoms with Crippen LogP contribution in [0.15, 0.2) is 97.5 Å². The van der Waals surface area contributed by atoms with Crippen molar-refractivity contribution in [3.8, 4) is 34.1 Å². The Bertz CT molecular complexity index is 2510. The van der Waals surface area contributed by atoms with Crippen molar-refractivity contribution in [2.24, 2.45) is 0 Å². The predicted molar refractivity (Wildman–Crippen MR) is 232 cm³/mol. The number of aromatic nitrogens is 4. The van der Waals surface area contributed by atoms with Crippen LogP contribution in [0.2, 0.25) is 0 Å². The summed E-state index contributed by atoms with van der Waals surface area (Å²) < 4.78 is 11.0. The van der Waals surface area contributed by atoms with E-state index in [1.54, 1.807) is 11.1 Å². The van der Waals surface area contributed by atoms with Gasteiger partial charge < -0.3 is 4.74 Å². The van der Waals surface area contributed by atoms with E-state index in [-0.39, 0.29) is 5.41 Å². The minimum Gasteiger partial charge on any atom is -0.457 e. The van der Waals surface area contributed by atoms with E-state index in [9.17, 15) is 0 Å². The molecule has 2 aliphatic rings. The van der Waals surface area contributed by atoms with Crippen LogP contribution in [-0.4, -0.2) is 19.3 Å². The Labute approximate surface area is 332 Å². The van der Waals surface area contributed by atoms with Crippen LogP contribution in [0.3, 0.4) is 0 Å². The average Bonchev–Trinajstić information content (AvgIpc) is 3.84. The SMILES string of the molecule is Cc1c(C)c(C2CCCCC2)c(-c2cnn(-c3cccc(Oc4ccc5c6ccccc6n(-c6cc(C(C)(C)C)ccn6)c5c4)c3)c2)c(C2CCCCC2)c1C. The molecule has 5 nitrogen and oxygen atoms in total. The molecule has 4 aromatic carbocycles. The van der Waals surface area contributed by atoms with Crippen molar-refractivity contribution in [1.82, 2.24) is 19.3 Å². The first-order chi connectivity index (χ1) is 27.2. The molecular weight excluding hydrogens is 685 g/mol. The first-order valence-corrected chi connectivity index (χ1v) is 21.1. The summed E-state index contributed by atoms with van der Waals surface area (Å²) in [6, 6.07) is 27.7. The van der Waals surface area contributed by atoms with Crippen molar-refractivity contribution >= 4 is 21.8 Å². The number of ether oxygens (including phenoxy) is 1. The van der Waals surface area contributed by atoms with Gasteiger partial charge in [0.05, 0.1) is 22.9 Å². The highest BCUT2D eigenvalue weighted by molar-refractivity contribution is 6.09.